The first-order valence-electron chi connectivity index (χ1n) is 5.35. The van der Waals surface area contributed by atoms with E-state index < -0.39 is 0 Å². The van der Waals surface area contributed by atoms with Crippen molar-refractivity contribution in [2.45, 2.75) is 6.04 Å². The van der Waals surface area contributed by atoms with Crippen LogP contribution in [0.4, 0.5) is 5.69 Å². The van der Waals surface area contributed by atoms with Crippen molar-refractivity contribution in [3.8, 4) is 0 Å². The summed E-state index contributed by atoms with van der Waals surface area (Å²) in [6, 6.07) is 10.3. The van der Waals surface area contributed by atoms with Crippen LogP contribution >= 0.6 is 27.3 Å². The quantitative estimate of drug-likeness (QED) is 0.938. The van der Waals surface area contributed by atoms with Crippen molar-refractivity contribution in [2.75, 3.05) is 19.0 Å². The maximum atomic E-state index is 6.29. The van der Waals surface area contributed by atoms with Crippen molar-refractivity contribution >= 4 is 33.0 Å². The molecule has 0 aliphatic heterocycles. The van der Waals surface area contributed by atoms with Gasteiger partial charge in [-0.25, -0.2) is 0 Å². The van der Waals surface area contributed by atoms with Crippen LogP contribution in [0.2, 0.25) is 0 Å². The molecular formula is C13H15BrN2S. The lowest BCUT2D eigenvalue weighted by Gasteiger charge is -2.16. The van der Waals surface area contributed by atoms with Crippen molar-refractivity contribution in [3.63, 3.8) is 0 Å². The molecule has 0 amide bonds. The fourth-order valence-electron chi connectivity index (χ4n) is 1.68. The Morgan fingerprint density at radius 3 is 2.65 bits per heavy atom. The van der Waals surface area contributed by atoms with Gasteiger partial charge >= 0.3 is 0 Å². The van der Waals surface area contributed by atoms with E-state index in [0.29, 0.717) is 0 Å². The number of nitrogens with two attached hydrogens (primary N) is 1. The predicted molar refractivity (Wildman–Crippen MR) is 78.8 cm³/mol. The van der Waals surface area contributed by atoms with Crippen LogP contribution in [0.15, 0.2) is 40.2 Å². The molecule has 0 saturated heterocycles. The maximum absolute atomic E-state index is 6.29. The summed E-state index contributed by atoms with van der Waals surface area (Å²) in [5, 5.41) is 2.05. The van der Waals surface area contributed by atoms with Gasteiger partial charge in [-0.3, -0.25) is 0 Å². The Kier molecular flexibility index (Phi) is 3.86. The third kappa shape index (κ3) is 2.70. The summed E-state index contributed by atoms with van der Waals surface area (Å²) in [5.41, 5.74) is 8.60. The smallest absolute Gasteiger partial charge is 0.0658 e. The third-order valence-corrected chi connectivity index (χ3v) is 4.63. The summed E-state index contributed by atoms with van der Waals surface area (Å²) in [6.07, 6.45) is 0. The Morgan fingerprint density at radius 2 is 2.06 bits per heavy atom. The van der Waals surface area contributed by atoms with Gasteiger partial charge in [-0.1, -0.05) is 12.1 Å². The van der Waals surface area contributed by atoms with E-state index >= 15 is 0 Å². The molecule has 1 aromatic heterocycles. The predicted octanol–water partition coefficient (Wildman–Crippen LogP) is 3.62. The van der Waals surface area contributed by atoms with Gasteiger partial charge < -0.3 is 10.6 Å². The monoisotopic (exact) mass is 310 g/mol. The molecule has 2 rings (SSSR count). The molecule has 0 bridgehead atoms. The summed E-state index contributed by atoms with van der Waals surface area (Å²) < 4.78 is 1.09. The first-order chi connectivity index (χ1) is 8.09. The molecular weight excluding hydrogens is 296 g/mol. The third-order valence-electron chi connectivity index (χ3n) is 2.67. The molecule has 0 radical (unpaired) electrons. The van der Waals surface area contributed by atoms with Crippen LogP contribution in [0.1, 0.15) is 16.5 Å². The molecule has 1 heterocycles. The van der Waals surface area contributed by atoms with Crippen molar-refractivity contribution < 1.29 is 0 Å². The summed E-state index contributed by atoms with van der Waals surface area (Å²) >= 11 is 5.21. The van der Waals surface area contributed by atoms with E-state index in [1.807, 2.05) is 26.2 Å². The molecule has 1 atom stereocenters. The molecule has 1 aromatic carbocycles. The zero-order valence-electron chi connectivity index (χ0n) is 9.85. The van der Waals surface area contributed by atoms with Gasteiger partial charge in [-0.05, 0) is 45.1 Å². The Morgan fingerprint density at radius 1 is 1.29 bits per heavy atom. The van der Waals surface area contributed by atoms with Gasteiger partial charge in [0.1, 0.15) is 0 Å². The first-order valence-corrected chi connectivity index (χ1v) is 7.02. The molecule has 0 aliphatic rings. The highest BCUT2D eigenvalue weighted by atomic mass is 79.9. The van der Waals surface area contributed by atoms with Crippen LogP contribution in [0.5, 0.6) is 0 Å². The SMILES string of the molecule is CN(C)c1cccc(C(N)c2sccc2Br)c1. The van der Waals surface area contributed by atoms with Crippen molar-refractivity contribution in [2.24, 2.45) is 5.73 Å². The second kappa shape index (κ2) is 5.21. The second-order valence-electron chi connectivity index (χ2n) is 4.10. The Hall–Kier alpha value is -0.840. The van der Waals surface area contributed by atoms with Crippen molar-refractivity contribution in [1.82, 2.24) is 0 Å². The summed E-state index contributed by atoms with van der Waals surface area (Å²) in [6.45, 7) is 0. The number of thiophene rings is 1. The summed E-state index contributed by atoms with van der Waals surface area (Å²) in [4.78, 5) is 3.25. The summed E-state index contributed by atoms with van der Waals surface area (Å²) in [5.74, 6) is 0. The molecule has 1 unspecified atom stereocenters. The Bertz CT molecular complexity index is 508. The molecule has 2 nitrogen and oxygen atoms in total. The topological polar surface area (TPSA) is 29.3 Å². The van der Waals surface area contributed by atoms with Crippen LogP contribution in [0, 0.1) is 0 Å². The van der Waals surface area contributed by atoms with E-state index in [4.69, 9.17) is 5.73 Å². The molecule has 90 valence electrons. The van der Waals surface area contributed by atoms with Crippen LogP contribution in [-0.4, -0.2) is 14.1 Å². The number of hydrogen-bond acceptors (Lipinski definition) is 3. The van der Waals surface area contributed by atoms with E-state index in [1.165, 1.54) is 10.6 Å². The number of nitrogens with zero attached hydrogens (tertiary/aromatic N) is 1. The molecule has 0 fully saturated rings. The average Bonchev–Trinajstić information content (AvgIpc) is 2.74. The normalized spacial score (nSPS) is 12.5. The highest BCUT2D eigenvalue weighted by Gasteiger charge is 2.14. The number of anilines is 1. The fourth-order valence-corrected chi connectivity index (χ4v) is 3.32. The van der Waals surface area contributed by atoms with E-state index in [1.54, 1.807) is 11.3 Å². The zero-order valence-corrected chi connectivity index (χ0v) is 12.3. The number of hydrogen-bond donors (Lipinski definition) is 1. The van der Waals surface area contributed by atoms with Crippen LogP contribution in [0.25, 0.3) is 0 Å². The molecule has 0 saturated carbocycles. The lowest BCUT2D eigenvalue weighted by molar-refractivity contribution is 0.887. The molecule has 0 spiro atoms. The minimum Gasteiger partial charge on any atom is -0.378 e. The fraction of sp³-hybridized carbons (Fsp3) is 0.231. The van der Waals surface area contributed by atoms with Crippen LogP contribution in [0.3, 0.4) is 0 Å². The van der Waals surface area contributed by atoms with Crippen LogP contribution < -0.4 is 10.6 Å². The average molecular weight is 311 g/mol. The van der Waals surface area contributed by atoms with Crippen molar-refractivity contribution in [3.05, 3.63) is 50.6 Å². The van der Waals surface area contributed by atoms with E-state index in [9.17, 15) is 0 Å². The standard InChI is InChI=1S/C13H15BrN2S/c1-16(2)10-5-3-4-9(8-10)12(15)13-11(14)6-7-17-13/h3-8,12H,15H2,1-2H3. The maximum Gasteiger partial charge on any atom is 0.0658 e. The van der Waals surface area contributed by atoms with Gasteiger partial charge in [-0.15, -0.1) is 11.3 Å². The lowest BCUT2D eigenvalue weighted by Crippen LogP contribution is -2.13. The highest BCUT2D eigenvalue weighted by Crippen LogP contribution is 2.32. The number of halogens is 1. The van der Waals surface area contributed by atoms with E-state index in [0.717, 1.165) is 10.0 Å². The Labute approximate surface area is 114 Å². The first kappa shape index (κ1) is 12.6. The molecule has 0 aliphatic carbocycles. The molecule has 2 aromatic rings. The van der Waals surface area contributed by atoms with Gasteiger partial charge in [0.2, 0.25) is 0 Å². The highest BCUT2D eigenvalue weighted by molar-refractivity contribution is 9.10. The van der Waals surface area contributed by atoms with E-state index in [-0.39, 0.29) is 6.04 Å². The van der Waals surface area contributed by atoms with E-state index in [2.05, 4.69) is 44.4 Å². The van der Waals surface area contributed by atoms with Gasteiger partial charge in [0.05, 0.1) is 6.04 Å². The minimum absolute atomic E-state index is 0.0655. The Balaban J connectivity index is 2.34. The van der Waals surface area contributed by atoms with Gasteiger partial charge in [0, 0.05) is 29.1 Å². The number of rotatable bonds is 3. The lowest BCUT2D eigenvalue weighted by atomic mass is 10.1. The van der Waals surface area contributed by atoms with Gasteiger partial charge in [0.15, 0.2) is 0 Å². The molecule has 17 heavy (non-hydrogen) atoms. The molecule has 4 heteroatoms. The van der Waals surface area contributed by atoms with Gasteiger partial charge in [-0.2, -0.15) is 0 Å². The van der Waals surface area contributed by atoms with Gasteiger partial charge in [0.25, 0.3) is 0 Å². The largest absolute Gasteiger partial charge is 0.378 e. The summed E-state index contributed by atoms with van der Waals surface area (Å²) in [7, 11) is 4.07. The second-order valence-corrected chi connectivity index (χ2v) is 5.90. The molecule has 2 N–H and O–H groups in total. The van der Waals surface area contributed by atoms with Crippen LogP contribution in [-0.2, 0) is 0 Å². The number of benzene rings is 1. The van der Waals surface area contributed by atoms with Crippen molar-refractivity contribution in [1.29, 1.82) is 0 Å². The minimum atomic E-state index is -0.0655. The zero-order chi connectivity index (χ0) is 12.4.